The molecule has 1 heterocycles. The standard InChI is InChI=1S/C10H17N3O/c1-8-5-11-9(12-6-8)13-10(2,3)7-14-4/h5-6H,7H2,1-4H3,(H,11,12,13). The van der Waals surface area contributed by atoms with Crippen molar-refractivity contribution >= 4 is 5.95 Å². The molecule has 1 aromatic rings. The van der Waals surface area contributed by atoms with Crippen molar-refractivity contribution in [2.24, 2.45) is 0 Å². The van der Waals surface area contributed by atoms with E-state index in [0.29, 0.717) is 12.6 Å². The molecule has 0 aliphatic rings. The summed E-state index contributed by atoms with van der Waals surface area (Å²) in [6, 6.07) is 0. The maximum Gasteiger partial charge on any atom is 0.223 e. The van der Waals surface area contributed by atoms with E-state index < -0.39 is 0 Å². The maximum atomic E-state index is 5.08. The van der Waals surface area contributed by atoms with Gasteiger partial charge in [-0.1, -0.05) is 0 Å². The van der Waals surface area contributed by atoms with Crippen molar-refractivity contribution in [3.05, 3.63) is 18.0 Å². The smallest absolute Gasteiger partial charge is 0.223 e. The molecule has 0 saturated carbocycles. The molecule has 1 aromatic heterocycles. The number of anilines is 1. The van der Waals surface area contributed by atoms with Crippen molar-refractivity contribution in [2.45, 2.75) is 26.3 Å². The zero-order valence-corrected chi connectivity index (χ0v) is 9.16. The number of aromatic nitrogens is 2. The molecule has 14 heavy (non-hydrogen) atoms. The lowest BCUT2D eigenvalue weighted by Crippen LogP contribution is -2.36. The Kier molecular flexibility index (Phi) is 3.41. The second-order valence-corrected chi connectivity index (χ2v) is 4.03. The lowest BCUT2D eigenvalue weighted by atomic mass is 10.1. The number of hydrogen-bond donors (Lipinski definition) is 1. The summed E-state index contributed by atoms with van der Waals surface area (Å²) in [7, 11) is 1.68. The molecule has 0 unspecified atom stereocenters. The van der Waals surface area contributed by atoms with Crippen molar-refractivity contribution in [1.29, 1.82) is 0 Å². The van der Waals surface area contributed by atoms with Crippen LogP contribution in [0.4, 0.5) is 5.95 Å². The molecule has 0 radical (unpaired) electrons. The van der Waals surface area contributed by atoms with Crippen LogP contribution in [0.2, 0.25) is 0 Å². The van der Waals surface area contributed by atoms with Crippen molar-refractivity contribution < 1.29 is 4.74 Å². The molecule has 0 fully saturated rings. The summed E-state index contributed by atoms with van der Waals surface area (Å²) in [4.78, 5) is 8.34. The van der Waals surface area contributed by atoms with Crippen molar-refractivity contribution in [3.8, 4) is 0 Å². The summed E-state index contributed by atoms with van der Waals surface area (Å²) in [5.74, 6) is 0.637. The van der Waals surface area contributed by atoms with Gasteiger partial charge in [0.25, 0.3) is 0 Å². The first kappa shape index (κ1) is 10.9. The number of methoxy groups -OCH3 is 1. The third-order valence-corrected chi connectivity index (χ3v) is 1.74. The van der Waals surface area contributed by atoms with Gasteiger partial charge in [-0.25, -0.2) is 9.97 Å². The maximum absolute atomic E-state index is 5.08. The summed E-state index contributed by atoms with van der Waals surface area (Å²) in [6.45, 7) is 6.66. The molecule has 4 heteroatoms. The minimum atomic E-state index is -0.149. The Bertz CT molecular complexity index is 282. The Morgan fingerprint density at radius 2 is 1.93 bits per heavy atom. The molecule has 4 nitrogen and oxygen atoms in total. The molecule has 78 valence electrons. The van der Waals surface area contributed by atoms with E-state index in [4.69, 9.17) is 4.74 Å². The Labute approximate surface area is 84.7 Å². The molecular formula is C10H17N3O. The minimum absolute atomic E-state index is 0.149. The van der Waals surface area contributed by atoms with Gasteiger partial charge < -0.3 is 10.1 Å². The first-order valence-corrected chi connectivity index (χ1v) is 4.59. The second-order valence-electron chi connectivity index (χ2n) is 4.03. The Balaban J connectivity index is 2.64. The van der Waals surface area contributed by atoms with Crippen LogP contribution in [0.3, 0.4) is 0 Å². The van der Waals surface area contributed by atoms with Crippen LogP contribution in [0, 0.1) is 6.92 Å². The van der Waals surface area contributed by atoms with Gasteiger partial charge in [0.05, 0.1) is 12.1 Å². The fourth-order valence-corrected chi connectivity index (χ4v) is 1.16. The topological polar surface area (TPSA) is 47.0 Å². The van der Waals surface area contributed by atoms with E-state index in [9.17, 15) is 0 Å². The second kappa shape index (κ2) is 4.37. The molecule has 1 N–H and O–H groups in total. The zero-order chi connectivity index (χ0) is 10.6. The number of nitrogens with zero attached hydrogens (tertiary/aromatic N) is 2. The predicted molar refractivity (Wildman–Crippen MR) is 56.3 cm³/mol. The van der Waals surface area contributed by atoms with Crippen LogP contribution in [0.1, 0.15) is 19.4 Å². The SMILES string of the molecule is COCC(C)(C)Nc1ncc(C)cn1. The van der Waals surface area contributed by atoms with E-state index in [2.05, 4.69) is 15.3 Å². The summed E-state index contributed by atoms with van der Waals surface area (Å²) >= 11 is 0. The number of ether oxygens (including phenoxy) is 1. The van der Waals surface area contributed by atoms with Gasteiger partial charge in [-0.15, -0.1) is 0 Å². The van der Waals surface area contributed by atoms with Gasteiger partial charge in [-0.3, -0.25) is 0 Å². The van der Waals surface area contributed by atoms with E-state index in [1.54, 1.807) is 19.5 Å². The van der Waals surface area contributed by atoms with Crippen LogP contribution in [0.15, 0.2) is 12.4 Å². The van der Waals surface area contributed by atoms with Crippen LogP contribution < -0.4 is 5.32 Å². The van der Waals surface area contributed by atoms with Gasteiger partial charge in [0.1, 0.15) is 0 Å². The summed E-state index contributed by atoms with van der Waals surface area (Å²) in [6.07, 6.45) is 3.58. The predicted octanol–water partition coefficient (Wildman–Crippen LogP) is 1.62. The highest BCUT2D eigenvalue weighted by Gasteiger charge is 2.17. The molecule has 0 spiro atoms. The van der Waals surface area contributed by atoms with Crippen LogP contribution in [0.25, 0.3) is 0 Å². The fraction of sp³-hybridized carbons (Fsp3) is 0.600. The molecule has 0 amide bonds. The van der Waals surface area contributed by atoms with Crippen LogP contribution in [-0.4, -0.2) is 29.2 Å². The minimum Gasteiger partial charge on any atom is -0.382 e. The average molecular weight is 195 g/mol. The highest BCUT2D eigenvalue weighted by molar-refractivity contribution is 5.28. The van der Waals surface area contributed by atoms with Crippen LogP contribution in [-0.2, 0) is 4.74 Å². The van der Waals surface area contributed by atoms with Crippen LogP contribution in [0.5, 0.6) is 0 Å². The third-order valence-electron chi connectivity index (χ3n) is 1.74. The van der Waals surface area contributed by atoms with Gasteiger partial charge in [0.15, 0.2) is 0 Å². The van der Waals surface area contributed by atoms with E-state index in [0.717, 1.165) is 5.56 Å². The molecule has 0 atom stereocenters. The number of nitrogens with one attached hydrogen (secondary N) is 1. The zero-order valence-electron chi connectivity index (χ0n) is 9.16. The number of aryl methyl sites for hydroxylation is 1. The Morgan fingerprint density at radius 3 is 2.43 bits per heavy atom. The molecule has 0 aliphatic carbocycles. The quantitative estimate of drug-likeness (QED) is 0.793. The van der Waals surface area contributed by atoms with E-state index >= 15 is 0 Å². The summed E-state index contributed by atoms with van der Waals surface area (Å²) in [5, 5.41) is 3.20. The van der Waals surface area contributed by atoms with Gasteiger partial charge in [-0.2, -0.15) is 0 Å². The lowest BCUT2D eigenvalue weighted by molar-refractivity contribution is 0.158. The molecule has 0 bridgehead atoms. The molecular weight excluding hydrogens is 178 g/mol. The largest absolute Gasteiger partial charge is 0.382 e. The van der Waals surface area contributed by atoms with Crippen LogP contribution >= 0.6 is 0 Å². The number of rotatable bonds is 4. The first-order valence-electron chi connectivity index (χ1n) is 4.59. The third kappa shape index (κ3) is 3.30. The van der Waals surface area contributed by atoms with Crippen molar-refractivity contribution in [2.75, 3.05) is 19.0 Å². The molecule has 0 aliphatic heterocycles. The van der Waals surface area contributed by atoms with E-state index in [-0.39, 0.29) is 5.54 Å². The van der Waals surface area contributed by atoms with E-state index in [1.165, 1.54) is 0 Å². The molecule has 0 saturated heterocycles. The first-order chi connectivity index (χ1) is 6.53. The summed E-state index contributed by atoms with van der Waals surface area (Å²) < 4.78 is 5.08. The van der Waals surface area contributed by atoms with Gasteiger partial charge in [0.2, 0.25) is 5.95 Å². The van der Waals surface area contributed by atoms with Gasteiger partial charge in [0, 0.05) is 19.5 Å². The average Bonchev–Trinajstić information content (AvgIpc) is 2.08. The Morgan fingerprint density at radius 1 is 1.36 bits per heavy atom. The van der Waals surface area contributed by atoms with Crippen molar-refractivity contribution in [3.63, 3.8) is 0 Å². The normalized spacial score (nSPS) is 11.4. The lowest BCUT2D eigenvalue weighted by Gasteiger charge is -2.24. The van der Waals surface area contributed by atoms with Crippen molar-refractivity contribution in [1.82, 2.24) is 9.97 Å². The summed E-state index contributed by atoms with van der Waals surface area (Å²) in [5.41, 5.74) is 0.907. The molecule has 1 rings (SSSR count). The monoisotopic (exact) mass is 195 g/mol. The fourth-order valence-electron chi connectivity index (χ4n) is 1.16. The number of hydrogen-bond acceptors (Lipinski definition) is 4. The van der Waals surface area contributed by atoms with Gasteiger partial charge in [-0.05, 0) is 26.3 Å². The van der Waals surface area contributed by atoms with E-state index in [1.807, 2.05) is 20.8 Å². The highest BCUT2D eigenvalue weighted by atomic mass is 16.5. The Hall–Kier alpha value is -1.16. The molecule has 0 aromatic carbocycles. The van der Waals surface area contributed by atoms with Gasteiger partial charge >= 0.3 is 0 Å². The highest BCUT2D eigenvalue weighted by Crippen LogP contribution is 2.10.